The molecule has 1 fully saturated rings. The van der Waals surface area contributed by atoms with Crippen molar-refractivity contribution in [1.29, 1.82) is 0 Å². The Bertz CT molecular complexity index is 425. The summed E-state index contributed by atoms with van der Waals surface area (Å²) in [4.78, 5) is 2.42. The Morgan fingerprint density at radius 1 is 1.11 bits per heavy atom. The molecule has 0 unspecified atom stereocenters. The molecule has 1 aliphatic carbocycles. The van der Waals surface area contributed by atoms with Gasteiger partial charge in [-0.2, -0.15) is 0 Å². The zero-order valence-corrected chi connectivity index (χ0v) is 10.8. The van der Waals surface area contributed by atoms with Crippen LogP contribution in [0.1, 0.15) is 23.1 Å². The molecule has 0 atom stereocenters. The molecule has 0 amide bonds. The molecule has 1 saturated heterocycles. The summed E-state index contributed by atoms with van der Waals surface area (Å²) in [6, 6.07) is 3.88. The van der Waals surface area contributed by atoms with Crippen LogP contribution in [0, 0.1) is 5.82 Å². The van der Waals surface area contributed by atoms with Crippen molar-refractivity contribution < 1.29 is 4.39 Å². The molecule has 3 heteroatoms. The second kappa shape index (κ2) is 5.37. The number of nitrogens with zero attached hydrogens (tertiary/aromatic N) is 1. The van der Waals surface area contributed by atoms with Gasteiger partial charge in [-0.05, 0) is 48.4 Å². The quantitative estimate of drug-likeness (QED) is 0.877. The largest absolute Gasteiger partial charge is 0.314 e. The van der Waals surface area contributed by atoms with E-state index < -0.39 is 0 Å². The van der Waals surface area contributed by atoms with Crippen molar-refractivity contribution in [3.05, 3.63) is 34.6 Å². The van der Waals surface area contributed by atoms with Gasteiger partial charge in [0.2, 0.25) is 0 Å². The Balaban J connectivity index is 1.65. The van der Waals surface area contributed by atoms with E-state index in [2.05, 4.69) is 16.3 Å². The highest BCUT2D eigenvalue weighted by atomic mass is 19.1. The SMILES string of the molecule is Fc1cc2c(cc1CCN1CCNCC1)CCC2. The highest BCUT2D eigenvalue weighted by molar-refractivity contribution is 5.36. The molecule has 2 aliphatic rings. The van der Waals surface area contributed by atoms with Crippen molar-refractivity contribution >= 4 is 0 Å². The fourth-order valence-corrected chi connectivity index (χ4v) is 3.05. The first-order chi connectivity index (χ1) is 8.83. The van der Waals surface area contributed by atoms with Crippen LogP contribution in [0.5, 0.6) is 0 Å². The number of nitrogens with one attached hydrogen (secondary N) is 1. The van der Waals surface area contributed by atoms with Crippen molar-refractivity contribution in [2.45, 2.75) is 25.7 Å². The van der Waals surface area contributed by atoms with Gasteiger partial charge in [0, 0.05) is 32.7 Å². The Hall–Kier alpha value is -0.930. The maximum absolute atomic E-state index is 14.0. The maximum Gasteiger partial charge on any atom is 0.126 e. The lowest BCUT2D eigenvalue weighted by Crippen LogP contribution is -2.44. The van der Waals surface area contributed by atoms with Crippen LogP contribution in [0.15, 0.2) is 12.1 Å². The third-order valence-electron chi connectivity index (χ3n) is 4.17. The number of piperazine rings is 1. The lowest BCUT2D eigenvalue weighted by atomic mass is 10.0. The molecule has 18 heavy (non-hydrogen) atoms. The van der Waals surface area contributed by atoms with E-state index in [1.54, 1.807) is 6.07 Å². The van der Waals surface area contributed by atoms with Gasteiger partial charge in [-0.1, -0.05) is 6.07 Å². The second-order valence-corrected chi connectivity index (χ2v) is 5.41. The van der Waals surface area contributed by atoms with Crippen LogP contribution in [0.25, 0.3) is 0 Å². The van der Waals surface area contributed by atoms with Crippen molar-refractivity contribution in [3.8, 4) is 0 Å². The number of benzene rings is 1. The zero-order chi connectivity index (χ0) is 12.4. The average Bonchev–Trinajstić information content (AvgIpc) is 2.84. The summed E-state index contributed by atoms with van der Waals surface area (Å²) in [6.45, 7) is 5.29. The fourth-order valence-electron chi connectivity index (χ4n) is 3.05. The molecule has 0 bridgehead atoms. The Labute approximate surface area is 108 Å². The number of halogens is 1. The van der Waals surface area contributed by atoms with Gasteiger partial charge in [-0.15, -0.1) is 0 Å². The maximum atomic E-state index is 14.0. The van der Waals surface area contributed by atoms with Gasteiger partial charge in [-0.25, -0.2) is 4.39 Å². The Morgan fingerprint density at radius 3 is 2.61 bits per heavy atom. The molecule has 1 aromatic rings. The first-order valence-electron chi connectivity index (χ1n) is 7.06. The van der Waals surface area contributed by atoms with Crippen molar-refractivity contribution in [1.82, 2.24) is 10.2 Å². The average molecular weight is 248 g/mol. The molecular weight excluding hydrogens is 227 g/mol. The van der Waals surface area contributed by atoms with E-state index in [1.165, 1.54) is 17.5 Å². The van der Waals surface area contributed by atoms with Crippen LogP contribution in [0.2, 0.25) is 0 Å². The summed E-state index contributed by atoms with van der Waals surface area (Å²) in [5, 5.41) is 3.34. The molecule has 1 N–H and O–H groups in total. The molecule has 0 aromatic heterocycles. The summed E-state index contributed by atoms with van der Waals surface area (Å²) in [7, 11) is 0. The van der Waals surface area contributed by atoms with Crippen LogP contribution in [0.3, 0.4) is 0 Å². The Kier molecular flexibility index (Phi) is 3.62. The van der Waals surface area contributed by atoms with Crippen LogP contribution >= 0.6 is 0 Å². The number of hydrogen-bond acceptors (Lipinski definition) is 2. The van der Waals surface area contributed by atoms with Crippen LogP contribution in [0.4, 0.5) is 4.39 Å². The van der Waals surface area contributed by atoms with Crippen molar-refractivity contribution in [3.63, 3.8) is 0 Å². The van der Waals surface area contributed by atoms with Gasteiger partial charge in [0.15, 0.2) is 0 Å². The summed E-state index contributed by atoms with van der Waals surface area (Å²) in [6.07, 6.45) is 4.23. The minimum absolute atomic E-state index is 0.00536. The number of rotatable bonds is 3. The van der Waals surface area contributed by atoms with Crippen molar-refractivity contribution in [2.75, 3.05) is 32.7 Å². The third-order valence-corrected chi connectivity index (χ3v) is 4.17. The third kappa shape index (κ3) is 2.57. The van der Waals surface area contributed by atoms with E-state index in [1.807, 2.05) is 0 Å². The van der Waals surface area contributed by atoms with Gasteiger partial charge in [0.05, 0.1) is 0 Å². The zero-order valence-electron chi connectivity index (χ0n) is 10.8. The molecular formula is C15H21FN2. The monoisotopic (exact) mass is 248 g/mol. The summed E-state index contributed by atoms with van der Waals surface area (Å²) >= 11 is 0. The smallest absolute Gasteiger partial charge is 0.126 e. The molecule has 2 nitrogen and oxygen atoms in total. The predicted molar refractivity (Wildman–Crippen MR) is 71.4 cm³/mol. The topological polar surface area (TPSA) is 15.3 Å². The van der Waals surface area contributed by atoms with E-state index in [-0.39, 0.29) is 5.82 Å². The highest BCUT2D eigenvalue weighted by Crippen LogP contribution is 2.25. The van der Waals surface area contributed by atoms with Gasteiger partial charge >= 0.3 is 0 Å². The molecule has 1 heterocycles. The van der Waals surface area contributed by atoms with Crippen molar-refractivity contribution in [2.24, 2.45) is 0 Å². The van der Waals surface area contributed by atoms with E-state index >= 15 is 0 Å². The minimum atomic E-state index is 0.00536. The lowest BCUT2D eigenvalue weighted by molar-refractivity contribution is 0.243. The van der Waals surface area contributed by atoms with E-state index in [4.69, 9.17) is 0 Å². The standard InChI is InChI=1S/C15H21FN2/c16-15-11-13-3-1-2-12(13)10-14(15)4-7-18-8-5-17-6-9-18/h10-11,17H,1-9H2. The van der Waals surface area contributed by atoms with Gasteiger partial charge in [-0.3, -0.25) is 0 Å². The molecule has 0 spiro atoms. The summed E-state index contributed by atoms with van der Waals surface area (Å²) < 4.78 is 14.0. The minimum Gasteiger partial charge on any atom is -0.314 e. The first kappa shape index (κ1) is 12.1. The van der Waals surface area contributed by atoms with Gasteiger partial charge in [0.1, 0.15) is 5.82 Å². The highest BCUT2D eigenvalue weighted by Gasteiger charge is 2.16. The predicted octanol–water partition coefficient (Wildman–Crippen LogP) is 1.76. The van der Waals surface area contributed by atoms with Gasteiger partial charge in [0.25, 0.3) is 0 Å². The van der Waals surface area contributed by atoms with Crippen LogP contribution in [-0.4, -0.2) is 37.6 Å². The van der Waals surface area contributed by atoms with Gasteiger partial charge < -0.3 is 10.2 Å². The lowest BCUT2D eigenvalue weighted by Gasteiger charge is -2.27. The normalized spacial score (nSPS) is 20.1. The van der Waals surface area contributed by atoms with Crippen LogP contribution in [-0.2, 0) is 19.3 Å². The summed E-state index contributed by atoms with van der Waals surface area (Å²) in [5.41, 5.74) is 3.53. The number of fused-ring (bicyclic) bond motifs is 1. The molecule has 1 aromatic carbocycles. The van der Waals surface area contributed by atoms with E-state index in [0.717, 1.165) is 57.5 Å². The molecule has 98 valence electrons. The fraction of sp³-hybridized carbons (Fsp3) is 0.600. The molecule has 0 saturated carbocycles. The number of aryl methyl sites for hydroxylation is 2. The second-order valence-electron chi connectivity index (χ2n) is 5.41. The Morgan fingerprint density at radius 2 is 1.83 bits per heavy atom. The van der Waals surface area contributed by atoms with E-state index in [0.29, 0.717) is 0 Å². The molecule has 1 aliphatic heterocycles. The molecule has 3 rings (SSSR count). The molecule has 0 radical (unpaired) electrons. The van der Waals surface area contributed by atoms with E-state index in [9.17, 15) is 4.39 Å². The summed E-state index contributed by atoms with van der Waals surface area (Å²) in [5.74, 6) is 0.00536. The van der Waals surface area contributed by atoms with Crippen LogP contribution < -0.4 is 5.32 Å². The number of hydrogen-bond donors (Lipinski definition) is 1. The first-order valence-corrected chi connectivity index (χ1v) is 7.06.